The highest BCUT2D eigenvalue weighted by Crippen LogP contribution is 2.28. The molecule has 1 aliphatic heterocycles. The molecule has 3 heteroatoms. The molecule has 1 N–H and O–H groups in total. The van der Waals surface area contributed by atoms with Crippen LogP contribution in [0.15, 0.2) is 54.9 Å². The second-order valence-electron chi connectivity index (χ2n) is 5.10. The summed E-state index contributed by atoms with van der Waals surface area (Å²) in [6.45, 7) is 4.20. The zero-order chi connectivity index (χ0) is 13.1. The molecule has 2 atom stereocenters. The van der Waals surface area contributed by atoms with E-state index < -0.39 is 0 Å². The monoisotopic (exact) mass is 253 g/mol. The van der Waals surface area contributed by atoms with Gasteiger partial charge in [0.05, 0.1) is 17.9 Å². The van der Waals surface area contributed by atoms with E-state index in [1.165, 1.54) is 11.3 Å². The van der Waals surface area contributed by atoms with Gasteiger partial charge in [-0.2, -0.15) is 0 Å². The highest BCUT2D eigenvalue weighted by Gasteiger charge is 2.27. The predicted octanol–water partition coefficient (Wildman–Crippen LogP) is 2.62. The maximum Gasteiger partial charge on any atom is 0.0668 e. The van der Waals surface area contributed by atoms with E-state index in [0.29, 0.717) is 12.1 Å². The Balaban J connectivity index is 1.93. The minimum atomic E-state index is 0.376. The van der Waals surface area contributed by atoms with Gasteiger partial charge >= 0.3 is 0 Å². The Kier molecular flexibility index (Phi) is 3.47. The van der Waals surface area contributed by atoms with Crippen LogP contribution < -0.4 is 10.2 Å². The first-order valence-electron chi connectivity index (χ1n) is 6.79. The lowest BCUT2D eigenvalue weighted by atomic mass is 10.0. The third kappa shape index (κ3) is 2.61. The first-order valence-corrected chi connectivity index (χ1v) is 6.79. The quantitative estimate of drug-likeness (QED) is 0.891. The number of anilines is 1. The van der Waals surface area contributed by atoms with Crippen LogP contribution >= 0.6 is 0 Å². The summed E-state index contributed by atoms with van der Waals surface area (Å²) in [5, 5.41) is 3.57. The van der Waals surface area contributed by atoms with E-state index in [4.69, 9.17) is 0 Å². The molecular formula is C16H19N3. The number of aromatic nitrogens is 1. The highest BCUT2D eigenvalue weighted by molar-refractivity contribution is 5.48. The first kappa shape index (κ1) is 12.2. The molecule has 1 aliphatic rings. The van der Waals surface area contributed by atoms with Crippen LogP contribution in [0, 0.1) is 0 Å². The second kappa shape index (κ2) is 5.41. The molecule has 2 heterocycles. The number of hydrogen-bond donors (Lipinski definition) is 1. The first-order chi connectivity index (χ1) is 9.34. The average molecular weight is 253 g/mol. The molecule has 0 amide bonds. The van der Waals surface area contributed by atoms with Crippen LogP contribution in [0.1, 0.15) is 18.5 Å². The molecule has 3 nitrogen and oxygen atoms in total. The van der Waals surface area contributed by atoms with Crippen molar-refractivity contribution in [2.24, 2.45) is 0 Å². The third-order valence-electron chi connectivity index (χ3n) is 3.67. The molecule has 1 aromatic heterocycles. The molecule has 1 saturated heterocycles. The van der Waals surface area contributed by atoms with E-state index >= 15 is 0 Å². The Morgan fingerprint density at radius 2 is 2.00 bits per heavy atom. The SMILES string of the molecule is CC1CN(c2cccnc2)C(c2ccccc2)CN1. The van der Waals surface area contributed by atoms with Crippen LogP contribution in [0.4, 0.5) is 5.69 Å². The van der Waals surface area contributed by atoms with Crippen LogP contribution in [-0.4, -0.2) is 24.1 Å². The van der Waals surface area contributed by atoms with Crippen LogP contribution in [0.2, 0.25) is 0 Å². The van der Waals surface area contributed by atoms with Gasteiger partial charge in [-0.05, 0) is 24.6 Å². The molecular weight excluding hydrogens is 234 g/mol. The Labute approximate surface area is 114 Å². The van der Waals surface area contributed by atoms with Gasteiger partial charge in [0.25, 0.3) is 0 Å². The van der Waals surface area contributed by atoms with Crippen molar-refractivity contribution in [3.63, 3.8) is 0 Å². The van der Waals surface area contributed by atoms with Gasteiger partial charge in [-0.1, -0.05) is 30.3 Å². The number of piperazine rings is 1. The number of hydrogen-bond acceptors (Lipinski definition) is 3. The topological polar surface area (TPSA) is 28.2 Å². The highest BCUT2D eigenvalue weighted by atomic mass is 15.2. The second-order valence-corrected chi connectivity index (χ2v) is 5.10. The summed E-state index contributed by atoms with van der Waals surface area (Å²) in [5.41, 5.74) is 2.55. The van der Waals surface area contributed by atoms with Gasteiger partial charge in [0.15, 0.2) is 0 Å². The zero-order valence-corrected chi connectivity index (χ0v) is 11.2. The summed E-state index contributed by atoms with van der Waals surface area (Å²) in [4.78, 5) is 6.70. The minimum absolute atomic E-state index is 0.376. The Morgan fingerprint density at radius 1 is 1.16 bits per heavy atom. The Hall–Kier alpha value is -1.87. The lowest BCUT2D eigenvalue weighted by molar-refractivity contribution is 0.416. The maximum atomic E-state index is 4.25. The van der Waals surface area contributed by atoms with Gasteiger partial charge in [-0.15, -0.1) is 0 Å². The number of rotatable bonds is 2. The van der Waals surface area contributed by atoms with Crippen LogP contribution in [0.25, 0.3) is 0 Å². The van der Waals surface area contributed by atoms with E-state index in [9.17, 15) is 0 Å². The van der Waals surface area contributed by atoms with Gasteiger partial charge in [0, 0.05) is 25.3 Å². The third-order valence-corrected chi connectivity index (χ3v) is 3.67. The molecule has 0 spiro atoms. The fraction of sp³-hybridized carbons (Fsp3) is 0.312. The fourth-order valence-corrected chi connectivity index (χ4v) is 2.69. The van der Waals surface area contributed by atoms with E-state index in [1.54, 1.807) is 0 Å². The summed E-state index contributed by atoms with van der Waals surface area (Å²) in [6, 6.07) is 15.7. The van der Waals surface area contributed by atoms with Crippen LogP contribution in [0.3, 0.4) is 0 Å². The summed E-state index contributed by atoms with van der Waals surface area (Å²) < 4.78 is 0. The van der Waals surface area contributed by atoms with Gasteiger partial charge in [-0.25, -0.2) is 0 Å². The average Bonchev–Trinajstić information content (AvgIpc) is 2.49. The standard InChI is InChI=1S/C16H19N3/c1-13-12-19(15-8-5-9-17-10-15)16(11-18-13)14-6-3-2-4-7-14/h2-10,13,16,18H,11-12H2,1H3. The summed E-state index contributed by atoms with van der Waals surface area (Å²) in [7, 11) is 0. The lowest BCUT2D eigenvalue weighted by Crippen LogP contribution is -2.51. The Morgan fingerprint density at radius 3 is 2.74 bits per heavy atom. The molecule has 98 valence electrons. The van der Waals surface area contributed by atoms with E-state index in [0.717, 1.165) is 13.1 Å². The van der Waals surface area contributed by atoms with Gasteiger partial charge in [0.1, 0.15) is 0 Å². The molecule has 0 bridgehead atoms. The van der Waals surface area contributed by atoms with E-state index in [2.05, 4.69) is 58.5 Å². The van der Waals surface area contributed by atoms with Crippen molar-refractivity contribution in [2.75, 3.05) is 18.0 Å². The number of benzene rings is 1. The van der Waals surface area contributed by atoms with Crippen molar-refractivity contribution in [3.8, 4) is 0 Å². The van der Waals surface area contributed by atoms with E-state index in [-0.39, 0.29) is 0 Å². The lowest BCUT2D eigenvalue weighted by Gasteiger charge is -2.41. The largest absolute Gasteiger partial charge is 0.360 e. The van der Waals surface area contributed by atoms with Crippen molar-refractivity contribution < 1.29 is 0 Å². The molecule has 0 saturated carbocycles. The molecule has 2 aromatic rings. The minimum Gasteiger partial charge on any atom is -0.360 e. The molecule has 1 fully saturated rings. The smallest absolute Gasteiger partial charge is 0.0668 e. The molecule has 3 rings (SSSR count). The summed E-state index contributed by atoms with van der Waals surface area (Å²) in [6.07, 6.45) is 3.78. The molecule has 19 heavy (non-hydrogen) atoms. The predicted molar refractivity (Wildman–Crippen MR) is 78.2 cm³/mol. The normalized spacial score (nSPS) is 23.3. The Bertz CT molecular complexity index is 512. The van der Waals surface area contributed by atoms with Gasteiger partial charge in [0.2, 0.25) is 0 Å². The number of nitrogens with zero attached hydrogens (tertiary/aromatic N) is 2. The van der Waals surface area contributed by atoms with Crippen LogP contribution in [0.5, 0.6) is 0 Å². The molecule has 0 radical (unpaired) electrons. The molecule has 1 aromatic carbocycles. The van der Waals surface area contributed by atoms with Crippen molar-refractivity contribution in [3.05, 3.63) is 60.4 Å². The molecule has 0 aliphatic carbocycles. The fourth-order valence-electron chi connectivity index (χ4n) is 2.69. The van der Waals surface area contributed by atoms with E-state index in [1.807, 2.05) is 18.5 Å². The molecule has 2 unspecified atom stereocenters. The van der Waals surface area contributed by atoms with Crippen molar-refractivity contribution in [1.82, 2.24) is 10.3 Å². The van der Waals surface area contributed by atoms with Gasteiger partial charge < -0.3 is 10.2 Å². The summed E-state index contributed by atoms with van der Waals surface area (Å²) >= 11 is 0. The van der Waals surface area contributed by atoms with Crippen molar-refractivity contribution in [1.29, 1.82) is 0 Å². The van der Waals surface area contributed by atoms with Crippen molar-refractivity contribution >= 4 is 5.69 Å². The van der Waals surface area contributed by atoms with Crippen molar-refractivity contribution in [2.45, 2.75) is 19.0 Å². The van der Waals surface area contributed by atoms with Gasteiger partial charge in [-0.3, -0.25) is 4.98 Å². The van der Waals surface area contributed by atoms with Crippen LogP contribution in [-0.2, 0) is 0 Å². The zero-order valence-electron chi connectivity index (χ0n) is 11.2. The number of nitrogens with one attached hydrogen (secondary N) is 1. The number of pyridine rings is 1. The summed E-state index contributed by atoms with van der Waals surface area (Å²) in [5.74, 6) is 0. The maximum absolute atomic E-state index is 4.25.